The van der Waals surface area contributed by atoms with E-state index in [2.05, 4.69) is 22.1 Å². The van der Waals surface area contributed by atoms with E-state index in [-0.39, 0.29) is 12.5 Å². The van der Waals surface area contributed by atoms with Gasteiger partial charge in [-0.1, -0.05) is 19.1 Å². The second kappa shape index (κ2) is 8.31. The molecule has 7 heteroatoms. The van der Waals surface area contributed by atoms with Gasteiger partial charge >= 0.3 is 5.69 Å². The van der Waals surface area contributed by atoms with Crippen LogP contribution >= 0.6 is 0 Å². The SMILES string of the molecule is CC1CCN(CCCNC(=O)Cn2c(=O)[nH]c(=O)c3ccccc32)CC1. The number of carbonyl (C=O) groups excluding carboxylic acids is 1. The Bertz CT molecular complexity index is 878. The van der Waals surface area contributed by atoms with E-state index in [4.69, 9.17) is 0 Å². The second-order valence-electron chi connectivity index (χ2n) is 7.09. The monoisotopic (exact) mass is 358 g/mol. The van der Waals surface area contributed by atoms with Crippen molar-refractivity contribution in [2.45, 2.75) is 32.7 Å². The molecular formula is C19H26N4O3. The summed E-state index contributed by atoms with van der Waals surface area (Å²) in [5.41, 5.74) is -0.525. The molecule has 2 aromatic rings. The smallest absolute Gasteiger partial charge is 0.329 e. The molecule has 7 nitrogen and oxygen atoms in total. The number of aromatic amines is 1. The largest absolute Gasteiger partial charge is 0.354 e. The van der Waals surface area contributed by atoms with Crippen molar-refractivity contribution < 1.29 is 4.79 Å². The number of likely N-dealkylation sites (tertiary alicyclic amines) is 1. The van der Waals surface area contributed by atoms with E-state index in [0.717, 1.165) is 32.0 Å². The summed E-state index contributed by atoms with van der Waals surface area (Å²) in [5, 5.41) is 3.27. The standard InChI is InChI=1S/C19H26N4O3/c1-14-7-11-22(12-8-14)10-4-9-20-17(24)13-23-16-6-3-2-5-15(16)18(25)21-19(23)26/h2-3,5-6,14H,4,7-13H2,1H3,(H,20,24)(H,21,25,26). The highest BCUT2D eigenvalue weighted by Crippen LogP contribution is 2.15. The predicted molar refractivity (Wildman–Crippen MR) is 101 cm³/mol. The van der Waals surface area contributed by atoms with Crippen molar-refractivity contribution in [3.63, 3.8) is 0 Å². The molecule has 3 rings (SSSR count). The second-order valence-corrected chi connectivity index (χ2v) is 7.09. The van der Waals surface area contributed by atoms with E-state index in [0.29, 0.717) is 17.4 Å². The molecule has 140 valence electrons. The first-order valence-corrected chi connectivity index (χ1v) is 9.25. The molecule has 0 spiro atoms. The summed E-state index contributed by atoms with van der Waals surface area (Å²) in [4.78, 5) is 40.8. The average Bonchev–Trinajstić information content (AvgIpc) is 2.64. The summed E-state index contributed by atoms with van der Waals surface area (Å²) in [6.07, 6.45) is 3.38. The number of hydrogen-bond acceptors (Lipinski definition) is 4. The maximum Gasteiger partial charge on any atom is 0.329 e. The van der Waals surface area contributed by atoms with Gasteiger partial charge in [0.25, 0.3) is 5.56 Å². The zero-order chi connectivity index (χ0) is 18.5. The Morgan fingerprint density at radius 3 is 2.73 bits per heavy atom. The van der Waals surface area contributed by atoms with Crippen LogP contribution in [0.5, 0.6) is 0 Å². The van der Waals surface area contributed by atoms with Gasteiger partial charge in [0.05, 0.1) is 10.9 Å². The molecule has 0 unspecified atom stereocenters. The zero-order valence-electron chi connectivity index (χ0n) is 15.2. The Kier molecular flexibility index (Phi) is 5.88. The van der Waals surface area contributed by atoms with Crippen LogP contribution in [0.1, 0.15) is 26.2 Å². The number of H-pyrrole nitrogens is 1. The molecular weight excluding hydrogens is 332 g/mol. The number of para-hydroxylation sites is 1. The number of nitrogens with one attached hydrogen (secondary N) is 2. The van der Waals surface area contributed by atoms with Gasteiger partial charge in [0, 0.05) is 6.54 Å². The minimum absolute atomic E-state index is 0.0998. The van der Waals surface area contributed by atoms with E-state index in [9.17, 15) is 14.4 Å². The Balaban J connectivity index is 1.53. The van der Waals surface area contributed by atoms with E-state index >= 15 is 0 Å². The Morgan fingerprint density at radius 1 is 1.23 bits per heavy atom. The molecule has 1 saturated heterocycles. The molecule has 2 N–H and O–H groups in total. The third-order valence-electron chi connectivity index (χ3n) is 5.06. The number of carbonyl (C=O) groups is 1. The van der Waals surface area contributed by atoms with Crippen LogP contribution in [-0.2, 0) is 11.3 Å². The number of nitrogens with zero attached hydrogens (tertiary/aromatic N) is 2. The first kappa shape index (κ1) is 18.4. The van der Waals surface area contributed by atoms with Crippen LogP contribution in [0.25, 0.3) is 10.9 Å². The molecule has 1 amide bonds. The minimum Gasteiger partial charge on any atom is -0.354 e. The van der Waals surface area contributed by atoms with Crippen molar-refractivity contribution in [1.29, 1.82) is 0 Å². The lowest BCUT2D eigenvalue weighted by molar-refractivity contribution is -0.121. The number of rotatable bonds is 6. The van der Waals surface area contributed by atoms with Crippen molar-refractivity contribution in [3.8, 4) is 0 Å². The molecule has 2 heterocycles. The van der Waals surface area contributed by atoms with E-state index in [1.165, 1.54) is 17.4 Å². The molecule has 0 bridgehead atoms. The first-order valence-electron chi connectivity index (χ1n) is 9.25. The van der Waals surface area contributed by atoms with Crippen LogP contribution in [0.3, 0.4) is 0 Å². The first-order chi connectivity index (χ1) is 12.5. The maximum atomic E-state index is 12.2. The number of fused-ring (bicyclic) bond motifs is 1. The molecule has 0 saturated carbocycles. The third kappa shape index (κ3) is 4.40. The summed E-state index contributed by atoms with van der Waals surface area (Å²) in [6, 6.07) is 6.79. The molecule has 1 aliphatic rings. The van der Waals surface area contributed by atoms with Crippen molar-refractivity contribution >= 4 is 16.8 Å². The average molecular weight is 358 g/mol. The van der Waals surface area contributed by atoms with Gasteiger partial charge in [-0.05, 0) is 56.9 Å². The molecule has 0 atom stereocenters. The predicted octanol–water partition coefficient (Wildman–Crippen LogP) is 0.928. The maximum absolute atomic E-state index is 12.2. The van der Waals surface area contributed by atoms with E-state index in [1.807, 2.05) is 0 Å². The molecule has 1 aliphatic heterocycles. The lowest BCUT2D eigenvalue weighted by atomic mass is 9.99. The van der Waals surface area contributed by atoms with E-state index < -0.39 is 11.2 Å². The fourth-order valence-corrected chi connectivity index (χ4v) is 3.41. The van der Waals surface area contributed by atoms with Gasteiger partial charge in [-0.3, -0.25) is 19.1 Å². The molecule has 26 heavy (non-hydrogen) atoms. The Hall–Kier alpha value is -2.41. The van der Waals surface area contributed by atoms with Crippen molar-refractivity contribution in [2.75, 3.05) is 26.2 Å². The summed E-state index contributed by atoms with van der Waals surface area (Å²) >= 11 is 0. The quantitative estimate of drug-likeness (QED) is 0.752. The summed E-state index contributed by atoms with van der Waals surface area (Å²) in [5.74, 6) is 0.591. The van der Waals surface area contributed by atoms with Crippen LogP contribution < -0.4 is 16.6 Å². The fraction of sp³-hybridized carbons (Fsp3) is 0.526. The van der Waals surface area contributed by atoms with Gasteiger partial charge in [0.15, 0.2) is 0 Å². The fourth-order valence-electron chi connectivity index (χ4n) is 3.41. The van der Waals surface area contributed by atoms with Crippen LogP contribution in [-0.4, -0.2) is 46.5 Å². The molecule has 0 radical (unpaired) electrons. The van der Waals surface area contributed by atoms with Gasteiger partial charge in [-0.2, -0.15) is 0 Å². The highest BCUT2D eigenvalue weighted by molar-refractivity contribution is 5.81. The molecule has 1 aromatic heterocycles. The number of amides is 1. The highest BCUT2D eigenvalue weighted by Gasteiger charge is 2.15. The van der Waals surface area contributed by atoms with E-state index in [1.54, 1.807) is 24.3 Å². The molecule has 1 fully saturated rings. The zero-order valence-corrected chi connectivity index (χ0v) is 15.2. The van der Waals surface area contributed by atoms with Crippen molar-refractivity contribution in [3.05, 3.63) is 45.1 Å². The summed E-state index contributed by atoms with van der Waals surface area (Å²) in [7, 11) is 0. The number of hydrogen-bond donors (Lipinski definition) is 2. The van der Waals surface area contributed by atoms with Gasteiger partial charge in [-0.15, -0.1) is 0 Å². The highest BCUT2D eigenvalue weighted by atomic mass is 16.2. The molecule has 1 aromatic carbocycles. The topological polar surface area (TPSA) is 87.2 Å². The normalized spacial score (nSPS) is 16.0. The number of aromatic nitrogens is 2. The van der Waals surface area contributed by atoms with Crippen LogP contribution in [0, 0.1) is 5.92 Å². The van der Waals surface area contributed by atoms with Gasteiger partial charge in [0.1, 0.15) is 6.54 Å². The summed E-state index contributed by atoms with van der Waals surface area (Å²) < 4.78 is 1.30. The minimum atomic E-state index is -0.564. The third-order valence-corrected chi connectivity index (χ3v) is 5.06. The Labute approximate surface area is 152 Å². The van der Waals surface area contributed by atoms with Crippen LogP contribution in [0.15, 0.2) is 33.9 Å². The summed E-state index contributed by atoms with van der Waals surface area (Å²) in [6.45, 7) is 6.02. The van der Waals surface area contributed by atoms with Gasteiger partial charge in [0.2, 0.25) is 5.91 Å². The van der Waals surface area contributed by atoms with Gasteiger partial charge < -0.3 is 10.2 Å². The Morgan fingerprint density at radius 2 is 1.96 bits per heavy atom. The lowest BCUT2D eigenvalue weighted by Crippen LogP contribution is -2.38. The van der Waals surface area contributed by atoms with Gasteiger partial charge in [-0.25, -0.2) is 4.79 Å². The lowest BCUT2D eigenvalue weighted by Gasteiger charge is -2.30. The van der Waals surface area contributed by atoms with Crippen LogP contribution in [0.2, 0.25) is 0 Å². The number of benzene rings is 1. The van der Waals surface area contributed by atoms with Crippen molar-refractivity contribution in [2.24, 2.45) is 5.92 Å². The van der Waals surface area contributed by atoms with Crippen molar-refractivity contribution in [1.82, 2.24) is 19.8 Å². The van der Waals surface area contributed by atoms with Crippen LogP contribution in [0.4, 0.5) is 0 Å². The molecule has 0 aliphatic carbocycles. The number of piperidine rings is 1.